The summed E-state index contributed by atoms with van der Waals surface area (Å²) in [5, 5.41) is 23.3. The van der Waals surface area contributed by atoms with Crippen LogP contribution in [-0.4, -0.2) is 15.9 Å². The number of carbonyl (C=O) groups excluding carboxylic acids is 1. The highest BCUT2D eigenvalue weighted by Crippen LogP contribution is 2.23. The van der Waals surface area contributed by atoms with E-state index in [0.717, 1.165) is 0 Å². The Morgan fingerprint density at radius 3 is 2.52 bits per heavy atom. The normalized spacial score (nSPS) is 11.7. The number of hydrogen-bond donors (Lipinski definition) is 2. The van der Waals surface area contributed by atoms with Crippen molar-refractivity contribution in [3.63, 3.8) is 0 Å². The third-order valence-electron chi connectivity index (χ3n) is 3.04. The number of aliphatic hydroxyl groups is 1. The Labute approximate surface area is 121 Å². The molecule has 0 heterocycles. The molecule has 1 amide bonds. The minimum atomic E-state index is -1.33. The second-order valence-electron chi connectivity index (χ2n) is 4.56. The Balaban J connectivity index is 2.16. The quantitative estimate of drug-likeness (QED) is 0.667. The van der Waals surface area contributed by atoms with E-state index in [2.05, 4.69) is 5.32 Å². The number of nitrogens with zero attached hydrogens (tertiary/aromatic N) is 1. The summed E-state index contributed by atoms with van der Waals surface area (Å²) in [7, 11) is 0. The fourth-order valence-electron chi connectivity index (χ4n) is 1.88. The van der Waals surface area contributed by atoms with E-state index in [4.69, 9.17) is 0 Å². The van der Waals surface area contributed by atoms with Gasteiger partial charge in [-0.05, 0) is 18.6 Å². The van der Waals surface area contributed by atoms with Crippen LogP contribution < -0.4 is 5.32 Å². The minimum Gasteiger partial charge on any atom is -0.378 e. The van der Waals surface area contributed by atoms with Gasteiger partial charge in [-0.25, -0.2) is 0 Å². The van der Waals surface area contributed by atoms with Crippen molar-refractivity contribution in [3.05, 3.63) is 69.8 Å². The highest BCUT2D eigenvalue weighted by atomic mass is 16.6. The topological polar surface area (TPSA) is 92.5 Å². The Hall–Kier alpha value is -2.73. The molecular weight excluding hydrogens is 272 g/mol. The largest absolute Gasteiger partial charge is 0.378 e. The third-order valence-corrected chi connectivity index (χ3v) is 3.04. The van der Waals surface area contributed by atoms with Crippen LogP contribution >= 0.6 is 0 Å². The number of nitro benzene ring substituents is 1. The van der Waals surface area contributed by atoms with Gasteiger partial charge in [0.2, 0.25) is 0 Å². The molecule has 21 heavy (non-hydrogen) atoms. The average molecular weight is 286 g/mol. The summed E-state index contributed by atoms with van der Waals surface area (Å²) in [6, 6.07) is 12.8. The molecule has 0 aliphatic rings. The van der Waals surface area contributed by atoms with Crippen LogP contribution in [-0.2, 0) is 4.79 Å². The van der Waals surface area contributed by atoms with Gasteiger partial charge >= 0.3 is 0 Å². The van der Waals surface area contributed by atoms with Crippen LogP contribution in [0, 0.1) is 17.0 Å². The fraction of sp³-hybridized carbons (Fsp3) is 0.133. The molecule has 108 valence electrons. The van der Waals surface area contributed by atoms with Gasteiger partial charge in [0.1, 0.15) is 0 Å². The zero-order chi connectivity index (χ0) is 15.4. The summed E-state index contributed by atoms with van der Waals surface area (Å²) < 4.78 is 0. The molecule has 6 heteroatoms. The lowest BCUT2D eigenvalue weighted by atomic mass is 10.1. The first kappa shape index (κ1) is 14.7. The zero-order valence-corrected chi connectivity index (χ0v) is 11.3. The van der Waals surface area contributed by atoms with Crippen molar-refractivity contribution in [1.82, 2.24) is 0 Å². The SMILES string of the molecule is Cc1ccc(NC(=O)C(O)c2ccccc2)cc1[N+](=O)[O-]. The van der Waals surface area contributed by atoms with E-state index in [1.54, 1.807) is 49.4 Å². The van der Waals surface area contributed by atoms with Gasteiger partial charge in [0.25, 0.3) is 11.6 Å². The Morgan fingerprint density at radius 1 is 1.24 bits per heavy atom. The highest BCUT2D eigenvalue weighted by Gasteiger charge is 2.18. The molecule has 2 N–H and O–H groups in total. The van der Waals surface area contributed by atoms with Crippen LogP contribution in [0.25, 0.3) is 0 Å². The summed E-state index contributed by atoms with van der Waals surface area (Å²) in [5.74, 6) is -0.639. The van der Waals surface area contributed by atoms with E-state index in [-0.39, 0.29) is 11.4 Å². The van der Waals surface area contributed by atoms with Crippen molar-refractivity contribution >= 4 is 17.3 Å². The van der Waals surface area contributed by atoms with Crippen molar-refractivity contribution in [1.29, 1.82) is 0 Å². The van der Waals surface area contributed by atoms with Crippen molar-refractivity contribution in [2.75, 3.05) is 5.32 Å². The second kappa shape index (κ2) is 6.15. The van der Waals surface area contributed by atoms with Crippen LogP contribution in [0.15, 0.2) is 48.5 Å². The number of nitrogens with one attached hydrogen (secondary N) is 1. The summed E-state index contributed by atoms with van der Waals surface area (Å²) in [6.45, 7) is 1.61. The van der Waals surface area contributed by atoms with Crippen molar-refractivity contribution in [2.45, 2.75) is 13.0 Å². The lowest BCUT2D eigenvalue weighted by molar-refractivity contribution is -0.385. The molecule has 0 aromatic heterocycles. The molecule has 2 rings (SSSR count). The summed E-state index contributed by atoms with van der Waals surface area (Å²) in [4.78, 5) is 22.3. The van der Waals surface area contributed by atoms with Crippen LogP contribution in [0.3, 0.4) is 0 Å². The van der Waals surface area contributed by atoms with Gasteiger partial charge < -0.3 is 10.4 Å². The number of anilines is 1. The van der Waals surface area contributed by atoms with Crippen LogP contribution in [0.4, 0.5) is 11.4 Å². The van der Waals surface area contributed by atoms with Gasteiger partial charge in [0.05, 0.1) is 4.92 Å². The Bertz CT molecular complexity index is 671. The molecule has 0 aliphatic carbocycles. The van der Waals surface area contributed by atoms with Gasteiger partial charge in [-0.15, -0.1) is 0 Å². The first-order valence-corrected chi connectivity index (χ1v) is 6.28. The number of nitro groups is 1. The molecule has 1 atom stereocenters. The molecule has 0 fully saturated rings. The van der Waals surface area contributed by atoms with Crippen LogP contribution in [0.2, 0.25) is 0 Å². The van der Waals surface area contributed by atoms with E-state index >= 15 is 0 Å². The lowest BCUT2D eigenvalue weighted by Crippen LogP contribution is -2.20. The van der Waals surface area contributed by atoms with Crippen molar-refractivity contribution in [2.24, 2.45) is 0 Å². The highest BCUT2D eigenvalue weighted by molar-refractivity contribution is 5.95. The van der Waals surface area contributed by atoms with Crippen molar-refractivity contribution in [3.8, 4) is 0 Å². The molecule has 0 aliphatic heterocycles. The number of rotatable bonds is 4. The maximum atomic E-state index is 11.9. The number of amides is 1. The van der Waals surface area contributed by atoms with Gasteiger partial charge in [-0.3, -0.25) is 14.9 Å². The zero-order valence-electron chi connectivity index (χ0n) is 11.3. The molecule has 2 aromatic carbocycles. The maximum absolute atomic E-state index is 11.9. The molecule has 0 saturated heterocycles. The van der Waals surface area contributed by atoms with E-state index in [9.17, 15) is 20.0 Å². The molecule has 0 saturated carbocycles. The molecule has 2 aromatic rings. The van der Waals surface area contributed by atoms with E-state index in [1.165, 1.54) is 6.07 Å². The number of aliphatic hydroxyl groups excluding tert-OH is 1. The van der Waals surface area contributed by atoms with Gasteiger partial charge in [-0.2, -0.15) is 0 Å². The van der Waals surface area contributed by atoms with Crippen LogP contribution in [0.1, 0.15) is 17.2 Å². The first-order valence-electron chi connectivity index (χ1n) is 6.28. The summed E-state index contributed by atoms with van der Waals surface area (Å²) >= 11 is 0. The van der Waals surface area contributed by atoms with Gasteiger partial charge in [0, 0.05) is 17.3 Å². The number of benzene rings is 2. The molecule has 0 spiro atoms. The standard InChI is InChI=1S/C15H14N2O4/c1-10-7-8-12(9-13(10)17(20)21)16-15(19)14(18)11-5-3-2-4-6-11/h2-9,14,18H,1H3,(H,16,19). The molecule has 6 nitrogen and oxygen atoms in total. The molecule has 0 radical (unpaired) electrons. The van der Waals surface area contributed by atoms with E-state index in [0.29, 0.717) is 11.1 Å². The van der Waals surface area contributed by atoms with E-state index in [1.807, 2.05) is 0 Å². The van der Waals surface area contributed by atoms with Gasteiger partial charge in [0.15, 0.2) is 6.10 Å². The second-order valence-corrected chi connectivity index (χ2v) is 4.56. The third kappa shape index (κ3) is 3.43. The summed E-state index contributed by atoms with van der Waals surface area (Å²) in [5.41, 5.74) is 1.15. The lowest BCUT2D eigenvalue weighted by Gasteiger charge is -2.11. The monoisotopic (exact) mass is 286 g/mol. The molecular formula is C15H14N2O4. The maximum Gasteiger partial charge on any atom is 0.274 e. The molecule has 1 unspecified atom stereocenters. The number of carbonyl (C=O) groups is 1. The fourth-order valence-corrected chi connectivity index (χ4v) is 1.88. The Morgan fingerprint density at radius 2 is 1.90 bits per heavy atom. The average Bonchev–Trinajstić information content (AvgIpc) is 2.49. The minimum absolute atomic E-state index is 0.0815. The summed E-state index contributed by atoms with van der Waals surface area (Å²) in [6.07, 6.45) is -1.33. The van der Waals surface area contributed by atoms with Crippen LogP contribution in [0.5, 0.6) is 0 Å². The first-order chi connectivity index (χ1) is 9.99. The predicted molar refractivity (Wildman–Crippen MR) is 77.9 cm³/mol. The van der Waals surface area contributed by atoms with Gasteiger partial charge in [-0.1, -0.05) is 36.4 Å². The smallest absolute Gasteiger partial charge is 0.274 e. The predicted octanol–water partition coefficient (Wildman–Crippen LogP) is 2.58. The van der Waals surface area contributed by atoms with E-state index < -0.39 is 16.9 Å². The molecule has 0 bridgehead atoms. The van der Waals surface area contributed by atoms with Crippen molar-refractivity contribution < 1.29 is 14.8 Å². The number of aryl methyl sites for hydroxylation is 1. The Kier molecular flexibility index (Phi) is 4.30. The number of hydrogen-bond acceptors (Lipinski definition) is 4.